The molecule has 0 aliphatic rings. The summed E-state index contributed by atoms with van der Waals surface area (Å²) in [6.45, 7) is 11.5. The maximum atomic E-state index is 11.0. The van der Waals surface area contributed by atoms with E-state index in [0.29, 0.717) is 5.75 Å². The molecule has 0 aliphatic heterocycles. The lowest BCUT2D eigenvalue weighted by Gasteiger charge is -2.23. The van der Waals surface area contributed by atoms with E-state index in [4.69, 9.17) is 4.74 Å². The molecule has 2 nitrogen and oxygen atoms in total. The van der Waals surface area contributed by atoms with Gasteiger partial charge in [0.25, 0.3) is 0 Å². The summed E-state index contributed by atoms with van der Waals surface area (Å²) >= 11 is 0. The Kier molecular flexibility index (Phi) is 3.53. The van der Waals surface area contributed by atoms with E-state index in [-0.39, 0.29) is 11.4 Å². The number of ether oxygens (including phenoxy) is 1. The first kappa shape index (κ1) is 12.5. The average molecular weight is 218 g/mol. The van der Waals surface area contributed by atoms with Crippen LogP contribution in [0, 0.1) is 0 Å². The van der Waals surface area contributed by atoms with Crippen molar-refractivity contribution in [2.45, 2.75) is 33.1 Å². The summed E-state index contributed by atoms with van der Waals surface area (Å²) in [5.41, 5.74) is 2.02. The number of carbonyl (C=O) groups is 1. The molecule has 0 heterocycles. The van der Waals surface area contributed by atoms with Gasteiger partial charge >= 0.3 is 5.97 Å². The molecule has 0 amide bonds. The van der Waals surface area contributed by atoms with Crippen molar-refractivity contribution in [1.29, 1.82) is 0 Å². The van der Waals surface area contributed by atoms with Gasteiger partial charge in [0.1, 0.15) is 5.75 Å². The lowest BCUT2D eigenvalue weighted by Crippen LogP contribution is -2.14. The molecule has 0 N–H and O–H groups in total. The van der Waals surface area contributed by atoms with E-state index in [1.165, 1.54) is 6.92 Å². The Labute approximate surface area is 96.9 Å². The highest BCUT2D eigenvalue weighted by molar-refractivity contribution is 5.72. The monoisotopic (exact) mass is 218 g/mol. The van der Waals surface area contributed by atoms with E-state index in [9.17, 15) is 4.79 Å². The van der Waals surface area contributed by atoms with Crippen LogP contribution in [-0.2, 0) is 10.2 Å². The van der Waals surface area contributed by atoms with Crippen molar-refractivity contribution in [3.05, 3.63) is 35.9 Å². The van der Waals surface area contributed by atoms with Crippen LogP contribution in [0.4, 0.5) is 0 Å². The van der Waals surface area contributed by atoms with Crippen LogP contribution in [0.2, 0.25) is 0 Å². The summed E-state index contributed by atoms with van der Waals surface area (Å²) in [4.78, 5) is 11.0. The minimum atomic E-state index is -0.311. The molecule has 0 fully saturated rings. The number of benzene rings is 1. The van der Waals surface area contributed by atoms with Crippen LogP contribution < -0.4 is 4.74 Å². The zero-order valence-electron chi connectivity index (χ0n) is 10.3. The van der Waals surface area contributed by atoms with Gasteiger partial charge in [-0.1, -0.05) is 45.6 Å². The Hall–Kier alpha value is -1.57. The lowest BCUT2D eigenvalue weighted by atomic mass is 9.83. The molecule has 2 heteroatoms. The zero-order valence-corrected chi connectivity index (χ0v) is 10.3. The molecular formula is C14H18O2. The van der Waals surface area contributed by atoms with Crippen molar-refractivity contribution in [3.8, 4) is 5.75 Å². The minimum Gasteiger partial charge on any atom is -0.426 e. The number of esters is 1. The molecule has 0 radical (unpaired) electrons. The van der Waals surface area contributed by atoms with Gasteiger partial charge < -0.3 is 4.74 Å². The Balaban J connectivity index is 3.32. The molecule has 0 saturated carbocycles. The first-order valence-electron chi connectivity index (χ1n) is 5.30. The van der Waals surface area contributed by atoms with E-state index in [1.807, 2.05) is 12.1 Å². The molecule has 0 aliphatic carbocycles. The average Bonchev–Trinajstić information content (AvgIpc) is 2.15. The maximum Gasteiger partial charge on any atom is 0.308 e. The molecular weight excluding hydrogens is 200 g/mol. The van der Waals surface area contributed by atoms with Gasteiger partial charge in [-0.05, 0) is 17.0 Å². The SMILES string of the molecule is C=Cc1c(OC(C)=O)cccc1C(C)(C)C. The molecule has 1 aromatic carbocycles. The molecule has 86 valence electrons. The van der Waals surface area contributed by atoms with Gasteiger partial charge in [0.05, 0.1) is 0 Å². The van der Waals surface area contributed by atoms with Crippen molar-refractivity contribution in [1.82, 2.24) is 0 Å². The second-order valence-corrected chi connectivity index (χ2v) is 4.77. The van der Waals surface area contributed by atoms with Crippen LogP contribution in [0.5, 0.6) is 5.75 Å². The van der Waals surface area contributed by atoms with Gasteiger partial charge in [0.15, 0.2) is 0 Å². The van der Waals surface area contributed by atoms with Crippen LogP contribution >= 0.6 is 0 Å². The normalized spacial score (nSPS) is 11.0. The summed E-state index contributed by atoms with van der Waals surface area (Å²) in [6.07, 6.45) is 1.73. The molecule has 0 bridgehead atoms. The second kappa shape index (κ2) is 4.52. The second-order valence-electron chi connectivity index (χ2n) is 4.77. The third-order valence-corrected chi connectivity index (χ3v) is 2.33. The zero-order chi connectivity index (χ0) is 12.3. The van der Waals surface area contributed by atoms with E-state index in [0.717, 1.165) is 11.1 Å². The van der Waals surface area contributed by atoms with Crippen molar-refractivity contribution in [2.75, 3.05) is 0 Å². The molecule has 0 spiro atoms. The highest BCUT2D eigenvalue weighted by Crippen LogP contribution is 2.32. The largest absolute Gasteiger partial charge is 0.426 e. The van der Waals surface area contributed by atoms with Gasteiger partial charge in [-0.2, -0.15) is 0 Å². The Morgan fingerprint density at radius 2 is 2.00 bits per heavy atom. The summed E-state index contributed by atoms with van der Waals surface area (Å²) < 4.78 is 5.16. The number of rotatable bonds is 2. The summed E-state index contributed by atoms with van der Waals surface area (Å²) in [5.74, 6) is 0.268. The molecule has 0 saturated heterocycles. The summed E-state index contributed by atoms with van der Waals surface area (Å²) in [7, 11) is 0. The molecule has 0 aromatic heterocycles. The molecule has 0 atom stereocenters. The van der Waals surface area contributed by atoms with Gasteiger partial charge in [0, 0.05) is 12.5 Å². The van der Waals surface area contributed by atoms with Crippen LogP contribution in [0.25, 0.3) is 6.08 Å². The Morgan fingerprint density at radius 1 is 1.38 bits per heavy atom. The van der Waals surface area contributed by atoms with E-state index in [1.54, 1.807) is 12.1 Å². The molecule has 16 heavy (non-hydrogen) atoms. The quantitative estimate of drug-likeness (QED) is 0.560. The Bertz CT molecular complexity index is 411. The first-order valence-corrected chi connectivity index (χ1v) is 5.30. The highest BCUT2D eigenvalue weighted by atomic mass is 16.5. The van der Waals surface area contributed by atoms with Crippen LogP contribution in [0.15, 0.2) is 24.8 Å². The van der Waals surface area contributed by atoms with Crippen molar-refractivity contribution in [3.63, 3.8) is 0 Å². The Morgan fingerprint density at radius 3 is 2.44 bits per heavy atom. The fraction of sp³-hybridized carbons (Fsp3) is 0.357. The van der Waals surface area contributed by atoms with E-state index < -0.39 is 0 Å². The van der Waals surface area contributed by atoms with Crippen LogP contribution in [0.1, 0.15) is 38.8 Å². The number of carbonyl (C=O) groups excluding carboxylic acids is 1. The molecule has 1 aromatic rings. The molecule has 0 unspecified atom stereocenters. The summed E-state index contributed by atoms with van der Waals surface area (Å²) in [5, 5.41) is 0. The topological polar surface area (TPSA) is 26.3 Å². The number of hydrogen-bond donors (Lipinski definition) is 0. The fourth-order valence-corrected chi connectivity index (χ4v) is 1.65. The van der Waals surface area contributed by atoms with Crippen LogP contribution in [0.3, 0.4) is 0 Å². The predicted molar refractivity (Wildman–Crippen MR) is 66.5 cm³/mol. The van der Waals surface area contributed by atoms with Crippen molar-refractivity contribution < 1.29 is 9.53 Å². The minimum absolute atomic E-state index is 0.000315. The van der Waals surface area contributed by atoms with Crippen LogP contribution in [-0.4, -0.2) is 5.97 Å². The smallest absolute Gasteiger partial charge is 0.308 e. The van der Waals surface area contributed by atoms with Gasteiger partial charge in [-0.15, -0.1) is 0 Å². The fourth-order valence-electron chi connectivity index (χ4n) is 1.65. The lowest BCUT2D eigenvalue weighted by molar-refractivity contribution is -0.131. The third-order valence-electron chi connectivity index (χ3n) is 2.33. The third kappa shape index (κ3) is 2.72. The van der Waals surface area contributed by atoms with Crippen molar-refractivity contribution in [2.24, 2.45) is 0 Å². The van der Waals surface area contributed by atoms with E-state index >= 15 is 0 Å². The van der Waals surface area contributed by atoms with Gasteiger partial charge in [-0.25, -0.2) is 0 Å². The first-order chi connectivity index (χ1) is 7.36. The predicted octanol–water partition coefficient (Wildman–Crippen LogP) is 3.55. The van der Waals surface area contributed by atoms with Crippen molar-refractivity contribution >= 4 is 12.0 Å². The highest BCUT2D eigenvalue weighted by Gasteiger charge is 2.19. The maximum absolute atomic E-state index is 11.0. The van der Waals surface area contributed by atoms with E-state index in [2.05, 4.69) is 27.4 Å². The summed E-state index contributed by atoms with van der Waals surface area (Å²) in [6, 6.07) is 5.71. The van der Waals surface area contributed by atoms with Gasteiger partial charge in [-0.3, -0.25) is 4.79 Å². The number of hydrogen-bond acceptors (Lipinski definition) is 2. The molecule has 1 rings (SSSR count). The standard InChI is InChI=1S/C14H18O2/c1-6-11-12(14(3,4)5)8-7-9-13(11)16-10(2)15/h6-9H,1H2,2-5H3. The van der Waals surface area contributed by atoms with Gasteiger partial charge in [0.2, 0.25) is 0 Å².